The molecule has 0 unspecified atom stereocenters. The second-order valence-electron chi connectivity index (χ2n) is 4.39. The van der Waals surface area contributed by atoms with Gasteiger partial charge >= 0.3 is 6.18 Å². The summed E-state index contributed by atoms with van der Waals surface area (Å²) >= 11 is 0. The third-order valence-corrected chi connectivity index (χ3v) is 2.67. The molecule has 4 nitrogen and oxygen atoms in total. The first-order valence-corrected chi connectivity index (χ1v) is 6.09. The van der Waals surface area contributed by atoms with E-state index >= 15 is 0 Å². The molecule has 1 atom stereocenters. The molecule has 0 radical (unpaired) electrons. The van der Waals surface area contributed by atoms with Gasteiger partial charge in [0.25, 0.3) is 0 Å². The average Bonchev–Trinajstić information content (AvgIpc) is 2.37. The van der Waals surface area contributed by atoms with E-state index in [9.17, 15) is 18.0 Å². The number of carbonyl (C=O) groups is 1. The monoisotopic (exact) mass is 290 g/mol. The molecule has 0 heterocycles. The fraction of sp³-hybridized carbons (Fsp3) is 0.462. The Kier molecular flexibility index (Phi) is 5.97. The second-order valence-corrected chi connectivity index (χ2v) is 4.39. The van der Waals surface area contributed by atoms with Crippen LogP contribution in [0.4, 0.5) is 13.2 Å². The fourth-order valence-electron chi connectivity index (χ4n) is 1.79. The minimum Gasteiger partial charge on any atom is -0.395 e. The van der Waals surface area contributed by atoms with E-state index in [4.69, 9.17) is 10.8 Å². The highest BCUT2D eigenvalue weighted by molar-refractivity contribution is 5.82. The van der Waals surface area contributed by atoms with Gasteiger partial charge in [0, 0.05) is 6.54 Å². The number of nitrogens with two attached hydrogens (primary N) is 1. The molecule has 0 spiro atoms. The first-order chi connectivity index (χ1) is 9.33. The van der Waals surface area contributed by atoms with Crippen molar-refractivity contribution in [2.45, 2.75) is 18.6 Å². The summed E-state index contributed by atoms with van der Waals surface area (Å²) in [4.78, 5) is 12.4. The van der Waals surface area contributed by atoms with Gasteiger partial charge < -0.3 is 15.7 Å². The van der Waals surface area contributed by atoms with Gasteiger partial charge in [-0.3, -0.25) is 4.79 Å². The number of carbonyl (C=O) groups excluding carboxylic acids is 1. The maximum Gasteiger partial charge on any atom is 0.406 e. The van der Waals surface area contributed by atoms with Gasteiger partial charge in [-0.05, 0) is 12.0 Å². The number of hydrogen-bond donors (Lipinski definition) is 2. The lowest BCUT2D eigenvalue weighted by molar-refractivity contribution is -0.162. The van der Waals surface area contributed by atoms with Crippen molar-refractivity contribution >= 4 is 5.91 Å². The number of amides is 1. The molecule has 20 heavy (non-hydrogen) atoms. The molecule has 0 aliphatic carbocycles. The summed E-state index contributed by atoms with van der Waals surface area (Å²) in [6.07, 6.45) is -4.36. The van der Waals surface area contributed by atoms with Crippen molar-refractivity contribution < 1.29 is 23.1 Å². The standard InChI is InChI=1S/C13H17F3N2O2/c14-13(15,16)9-18(6-7-19)12(20)11(17)8-10-4-2-1-3-5-10/h1-5,11,19H,6-9,17H2/t11-/m0/s1. The van der Waals surface area contributed by atoms with Crippen molar-refractivity contribution in [3.8, 4) is 0 Å². The van der Waals surface area contributed by atoms with Gasteiger partial charge in [0.05, 0.1) is 12.6 Å². The maximum atomic E-state index is 12.4. The molecular weight excluding hydrogens is 273 g/mol. The van der Waals surface area contributed by atoms with Gasteiger partial charge in [0.1, 0.15) is 6.54 Å². The lowest BCUT2D eigenvalue weighted by atomic mass is 10.1. The maximum absolute atomic E-state index is 12.4. The Morgan fingerprint density at radius 2 is 1.90 bits per heavy atom. The second kappa shape index (κ2) is 7.25. The van der Waals surface area contributed by atoms with Crippen molar-refractivity contribution in [1.29, 1.82) is 0 Å². The molecule has 0 saturated heterocycles. The Bertz CT molecular complexity index is 423. The van der Waals surface area contributed by atoms with Crippen LogP contribution in [0.2, 0.25) is 0 Å². The van der Waals surface area contributed by atoms with E-state index in [2.05, 4.69) is 0 Å². The van der Waals surface area contributed by atoms with E-state index < -0.39 is 31.3 Å². The third-order valence-electron chi connectivity index (χ3n) is 2.67. The quantitative estimate of drug-likeness (QED) is 0.819. The molecule has 0 bridgehead atoms. The van der Waals surface area contributed by atoms with E-state index in [0.717, 1.165) is 5.56 Å². The Morgan fingerprint density at radius 1 is 1.30 bits per heavy atom. The van der Waals surface area contributed by atoms with Crippen LogP contribution >= 0.6 is 0 Å². The summed E-state index contributed by atoms with van der Waals surface area (Å²) in [7, 11) is 0. The molecule has 1 aromatic carbocycles. The molecular formula is C13H17F3N2O2. The van der Waals surface area contributed by atoms with E-state index in [1.54, 1.807) is 30.3 Å². The van der Waals surface area contributed by atoms with Crippen LogP contribution < -0.4 is 5.73 Å². The summed E-state index contributed by atoms with van der Waals surface area (Å²) in [6.45, 7) is -2.34. The zero-order valence-corrected chi connectivity index (χ0v) is 10.8. The molecule has 1 rings (SSSR count). The molecule has 0 fully saturated rings. The van der Waals surface area contributed by atoms with Crippen LogP contribution in [-0.2, 0) is 11.2 Å². The lowest BCUT2D eigenvalue weighted by Crippen LogP contribution is -2.49. The summed E-state index contributed by atoms with van der Waals surface area (Å²) < 4.78 is 37.1. The number of aliphatic hydroxyl groups excluding tert-OH is 1. The minimum absolute atomic E-state index is 0.152. The Balaban J connectivity index is 2.68. The van der Waals surface area contributed by atoms with Gasteiger partial charge in [-0.1, -0.05) is 30.3 Å². The predicted molar refractivity (Wildman–Crippen MR) is 67.8 cm³/mol. The predicted octanol–water partition coefficient (Wildman–Crippen LogP) is 0.940. The van der Waals surface area contributed by atoms with Crippen molar-refractivity contribution in [1.82, 2.24) is 4.90 Å². The van der Waals surface area contributed by atoms with Crippen molar-refractivity contribution in [2.75, 3.05) is 19.7 Å². The van der Waals surface area contributed by atoms with Gasteiger partial charge in [-0.2, -0.15) is 13.2 Å². The summed E-state index contributed by atoms with van der Waals surface area (Å²) in [6, 6.07) is 7.73. The molecule has 3 N–H and O–H groups in total. The van der Waals surface area contributed by atoms with E-state index in [0.29, 0.717) is 4.90 Å². The van der Waals surface area contributed by atoms with Gasteiger partial charge in [0.15, 0.2) is 0 Å². The van der Waals surface area contributed by atoms with Crippen LogP contribution in [0.25, 0.3) is 0 Å². The molecule has 7 heteroatoms. The van der Waals surface area contributed by atoms with E-state index in [1.807, 2.05) is 0 Å². The molecule has 1 aromatic rings. The number of halogens is 3. The van der Waals surface area contributed by atoms with Gasteiger partial charge in [0.2, 0.25) is 5.91 Å². The highest BCUT2D eigenvalue weighted by atomic mass is 19.4. The lowest BCUT2D eigenvalue weighted by Gasteiger charge is -2.26. The normalized spacial score (nSPS) is 13.1. The molecule has 0 aliphatic heterocycles. The van der Waals surface area contributed by atoms with Crippen molar-refractivity contribution in [2.24, 2.45) is 5.73 Å². The SMILES string of the molecule is N[C@@H](Cc1ccccc1)C(=O)N(CCO)CC(F)(F)F. The van der Waals surface area contributed by atoms with Crippen LogP contribution in [-0.4, -0.2) is 47.8 Å². The first-order valence-electron chi connectivity index (χ1n) is 6.09. The molecule has 0 aliphatic rings. The number of alkyl halides is 3. The average molecular weight is 290 g/mol. The smallest absolute Gasteiger partial charge is 0.395 e. The van der Waals surface area contributed by atoms with Crippen LogP contribution in [0.5, 0.6) is 0 Å². The zero-order valence-electron chi connectivity index (χ0n) is 10.8. The first kappa shape index (κ1) is 16.5. The van der Waals surface area contributed by atoms with Gasteiger partial charge in [-0.25, -0.2) is 0 Å². The van der Waals surface area contributed by atoms with E-state index in [1.165, 1.54) is 0 Å². The Labute approximate surface area is 115 Å². The van der Waals surface area contributed by atoms with Crippen LogP contribution in [0, 0.1) is 0 Å². The van der Waals surface area contributed by atoms with Crippen LogP contribution in [0.15, 0.2) is 30.3 Å². The third kappa shape index (κ3) is 5.58. The van der Waals surface area contributed by atoms with E-state index in [-0.39, 0.29) is 13.0 Å². The Hall–Kier alpha value is -1.60. The van der Waals surface area contributed by atoms with Crippen LogP contribution in [0.3, 0.4) is 0 Å². The number of benzene rings is 1. The summed E-state index contributed by atoms with van der Waals surface area (Å²) in [5.74, 6) is -0.819. The molecule has 112 valence electrons. The van der Waals surface area contributed by atoms with Crippen LogP contribution in [0.1, 0.15) is 5.56 Å². The number of nitrogens with zero attached hydrogens (tertiary/aromatic N) is 1. The number of rotatable bonds is 6. The molecule has 1 amide bonds. The Morgan fingerprint density at radius 3 is 2.40 bits per heavy atom. The topological polar surface area (TPSA) is 66.6 Å². The highest BCUT2D eigenvalue weighted by Gasteiger charge is 2.34. The summed E-state index contributed by atoms with van der Waals surface area (Å²) in [5.41, 5.74) is 6.43. The molecule has 0 saturated carbocycles. The van der Waals surface area contributed by atoms with Crippen molar-refractivity contribution in [3.63, 3.8) is 0 Å². The highest BCUT2D eigenvalue weighted by Crippen LogP contribution is 2.17. The van der Waals surface area contributed by atoms with Gasteiger partial charge in [-0.15, -0.1) is 0 Å². The fourth-order valence-corrected chi connectivity index (χ4v) is 1.79. The number of hydrogen-bond acceptors (Lipinski definition) is 3. The minimum atomic E-state index is -4.52. The largest absolute Gasteiger partial charge is 0.406 e. The van der Waals surface area contributed by atoms with Crippen molar-refractivity contribution in [3.05, 3.63) is 35.9 Å². The number of aliphatic hydroxyl groups is 1. The summed E-state index contributed by atoms with van der Waals surface area (Å²) in [5, 5.41) is 8.75. The zero-order chi connectivity index (χ0) is 15.2. The molecule has 0 aromatic heterocycles.